The minimum Gasteiger partial charge on any atom is -0.380 e. The molecule has 1 aliphatic rings. The van der Waals surface area contributed by atoms with Crippen molar-refractivity contribution in [2.45, 2.75) is 51.9 Å². The molecule has 1 aromatic carbocycles. The lowest BCUT2D eigenvalue weighted by Gasteiger charge is -2.55. The number of likely N-dealkylation sites (tertiary alicyclic amines) is 1. The lowest BCUT2D eigenvalue weighted by Crippen LogP contribution is -2.63. The average molecular weight is 449 g/mol. The van der Waals surface area contributed by atoms with Crippen LogP contribution in [-0.2, 0) is 16.1 Å². The van der Waals surface area contributed by atoms with Crippen LogP contribution < -0.4 is 0 Å². The predicted molar refractivity (Wildman–Crippen MR) is 131 cm³/mol. The van der Waals surface area contributed by atoms with Gasteiger partial charge in [-0.05, 0) is 44.0 Å². The number of benzene rings is 1. The molecule has 0 aliphatic carbocycles. The van der Waals surface area contributed by atoms with Crippen LogP contribution in [0.25, 0.3) is 11.3 Å². The zero-order valence-corrected chi connectivity index (χ0v) is 20.8. The van der Waals surface area contributed by atoms with Crippen LogP contribution in [0.5, 0.6) is 0 Å². The van der Waals surface area contributed by atoms with E-state index in [1.54, 1.807) is 25.8 Å². The van der Waals surface area contributed by atoms with Gasteiger partial charge >= 0.3 is 0 Å². The first kappa shape index (κ1) is 23.6. The van der Waals surface area contributed by atoms with Crippen LogP contribution in [0.15, 0.2) is 55.2 Å². The summed E-state index contributed by atoms with van der Waals surface area (Å²) in [7, 11) is 3.77. The average Bonchev–Trinajstić information content (AvgIpc) is 3.29. The third-order valence-corrected chi connectivity index (χ3v) is 7.26. The monoisotopic (exact) mass is 448 g/mol. The Morgan fingerprint density at radius 1 is 1.09 bits per heavy atom. The van der Waals surface area contributed by atoms with E-state index in [4.69, 9.17) is 4.74 Å². The number of imidazole rings is 1. The molecule has 33 heavy (non-hydrogen) atoms. The number of aromatic nitrogens is 3. The van der Waals surface area contributed by atoms with Crippen molar-refractivity contribution in [2.75, 3.05) is 27.2 Å². The molecule has 3 aromatic rings. The summed E-state index contributed by atoms with van der Waals surface area (Å²) in [6, 6.07) is 10.4. The minimum atomic E-state index is -1.17. The fourth-order valence-electron chi connectivity index (χ4n) is 5.00. The Hall–Kier alpha value is -2.54. The summed E-state index contributed by atoms with van der Waals surface area (Å²) in [4.78, 5) is 11.4. The summed E-state index contributed by atoms with van der Waals surface area (Å²) in [5.41, 5.74) is 2.59. The van der Waals surface area contributed by atoms with Crippen molar-refractivity contribution in [3.05, 3.63) is 71.9 Å². The van der Waals surface area contributed by atoms with E-state index in [1.165, 1.54) is 5.56 Å². The molecular weight excluding hydrogens is 412 g/mol. The molecule has 1 N–H and O–H groups in total. The van der Waals surface area contributed by atoms with Crippen molar-refractivity contribution in [3.63, 3.8) is 0 Å². The Bertz CT molecular complexity index is 1110. The molecule has 0 saturated carbocycles. The quantitative estimate of drug-likeness (QED) is 0.573. The second-order valence-corrected chi connectivity index (χ2v) is 10.5. The van der Waals surface area contributed by atoms with Gasteiger partial charge in [-0.25, -0.2) is 4.98 Å². The molecule has 4 rings (SSSR count). The molecule has 6 heteroatoms. The van der Waals surface area contributed by atoms with E-state index >= 15 is 0 Å². The molecular formula is C27H36N4O2. The van der Waals surface area contributed by atoms with Gasteiger partial charge in [0.25, 0.3) is 0 Å². The van der Waals surface area contributed by atoms with Gasteiger partial charge in [-0.3, -0.25) is 4.98 Å². The molecule has 0 spiro atoms. The normalized spacial score (nSPS) is 18.2. The summed E-state index contributed by atoms with van der Waals surface area (Å²) >= 11 is 0. The van der Waals surface area contributed by atoms with Crippen molar-refractivity contribution in [1.82, 2.24) is 19.4 Å². The van der Waals surface area contributed by atoms with E-state index in [9.17, 15) is 5.11 Å². The second kappa shape index (κ2) is 8.35. The van der Waals surface area contributed by atoms with Crippen LogP contribution in [0, 0.1) is 5.41 Å². The predicted octanol–water partition coefficient (Wildman–Crippen LogP) is 4.60. The number of hydrogen-bond acceptors (Lipinski definition) is 5. The van der Waals surface area contributed by atoms with Gasteiger partial charge in [0.1, 0.15) is 11.3 Å². The van der Waals surface area contributed by atoms with Crippen molar-refractivity contribution in [2.24, 2.45) is 5.41 Å². The zero-order valence-electron chi connectivity index (χ0n) is 20.8. The molecule has 0 amide bonds. The van der Waals surface area contributed by atoms with E-state index in [0.29, 0.717) is 5.92 Å². The van der Waals surface area contributed by atoms with Gasteiger partial charge in [0.05, 0.1) is 12.0 Å². The molecule has 3 heterocycles. The van der Waals surface area contributed by atoms with Crippen LogP contribution in [-0.4, -0.2) is 51.8 Å². The second-order valence-electron chi connectivity index (χ2n) is 10.5. The van der Waals surface area contributed by atoms with Crippen molar-refractivity contribution < 1.29 is 9.84 Å². The molecule has 1 fully saturated rings. The highest BCUT2D eigenvalue weighted by molar-refractivity contribution is 5.59. The molecule has 1 atom stereocenters. The number of rotatable bonds is 7. The number of nitrogens with zero attached hydrogens (tertiary/aromatic N) is 4. The van der Waals surface area contributed by atoms with Gasteiger partial charge in [0.2, 0.25) is 0 Å². The number of hydrogen-bond donors (Lipinski definition) is 1. The smallest absolute Gasteiger partial charge is 0.139 e. The maximum Gasteiger partial charge on any atom is 0.139 e. The molecule has 0 bridgehead atoms. The molecule has 1 saturated heterocycles. The lowest BCUT2D eigenvalue weighted by atomic mass is 9.62. The highest BCUT2D eigenvalue weighted by atomic mass is 16.5. The Morgan fingerprint density at radius 3 is 2.33 bits per heavy atom. The minimum absolute atomic E-state index is 0.335. The number of methoxy groups -OCH3 is 1. The van der Waals surface area contributed by atoms with E-state index in [0.717, 1.165) is 35.5 Å². The van der Waals surface area contributed by atoms with Crippen LogP contribution in [0.1, 0.15) is 57.2 Å². The fourth-order valence-corrected chi connectivity index (χ4v) is 5.00. The Kier molecular flexibility index (Phi) is 5.97. The van der Waals surface area contributed by atoms with Crippen molar-refractivity contribution in [1.29, 1.82) is 0 Å². The number of ether oxygens (including phenoxy) is 1. The summed E-state index contributed by atoms with van der Waals surface area (Å²) in [5, 5.41) is 12.4. The Labute approximate surface area is 197 Å². The van der Waals surface area contributed by atoms with Gasteiger partial charge in [0, 0.05) is 55.3 Å². The number of aliphatic hydroxyl groups is 1. The first-order chi connectivity index (χ1) is 15.5. The maximum atomic E-state index is 12.4. The summed E-state index contributed by atoms with van der Waals surface area (Å²) in [6.07, 6.45) is 7.32. The number of pyridine rings is 1. The van der Waals surface area contributed by atoms with Gasteiger partial charge in [-0.2, -0.15) is 0 Å². The van der Waals surface area contributed by atoms with Crippen LogP contribution >= 0.6 is 0 Å². The maximum absolute atomic E-state index is 12.4. The van der Waals surface area contributed by atoms with Crippen LogP contribution in [0.4, 0.5) is 0 Å². The van der Waals surface area contributed by atoms with Crippen LogP contribution in [0.2, 0.25) is 0 Å². The van der Waals surface area contributed by atoms with Gasteiger partial charge in [0.15, 0.2) is 0 Å². The zero-order chi connectivity index (χ0) is 24.0. The van der Waals surface area contributed by atoms with E-state index in [1.807, 2.05) is 30.7 Å². The topological polar surface area (TPSA) is 63.4 Å². The summed E-state index contributed by atoms with van der Waals surface area (Å²) in [5.74, 6) is 0.439. The van der Waals surface area contributed by atoms with E-state index < -0.39 is 11.3 Å². The third kappa shape index (κ3) is 4.01. The lowest BCUT2D eigenvalue weighted by molar-refractivity contribution is -0.127. The highest BCUT2D eigenvalue weighted by Crippen LogP contribution is 2.50. The molecule has 1 aliphatic heterocycles. The van der Waals surface area contributed by atoms with E-state index in [2.05, 4.69) is 67.0 Å². The van der Waals surface area contributed by atoms with E-state index in [-0.39, 0.29) is 5.41 Å². The van der Waals surface area contributed by atoms with Crippen molar-refractivity contribution in [3.8, 4) is 11.3 Å². The summed E-state index contributed by atoms with van der Waals surface area (Å²) in [6.45, 7) is 12.1. The molecule has 0 radical (unpaired) electrons. The first-order valence-electron chi connectivity index (χ1n) is 11.6. The van der Waals surface area contributed by atoms with Crippen molar-refractivity contribution >= 4 is 0 Å². The Morgan fingerprint density at radius 2 is 1.76 bits per heavy atom. The molecule has 6 nitrogen and oxygen atoms in total. The standard InChI is InChI=1S/C27H36N4O2/c1-19(2)20-8-10-22(11-9-20)27(32,26(5)16-30(6)17-26)23-12-21(13-28-14-23)24-15-31(18-29-24)25(3,4)33-7/h8-15,18-19,32H,16-17H2,1-7H3/t27-/m0/s1. The Balaban J connectivity index is 1.79. The largest absolute Gasteiger partial charge is 0.380 e. The molecule has 0 unspecified atom stereocenters. The van der Waals surface area contributed by atoms with Crippen LogP contribution in [0.3, 0.4) is 0 Å². The van der Waals surface area contributed by atoms with Gasteiger partial charge in [-0.15, -0.1) is 0 Å². The fraction of sp³-hybridized carbons (Fsp3) is 0.481. The first-order valence-corrected chi connectivity index (χ1v) is 11.6. The SMILES string of the molecule is COC(C)(C)n1cnc(-c2cncc([C@@](O)(c3ccc(C(C)C)cc3)C3(C)CN(C)C3)c2)c1. The third-order valence-electron chi connectivity index (χ3n) is 7.26. The molecule has 2 aromatic heterocycles. The molecule has 176 valence electrons. The van der Waals surface area contributed by atoms with Gasteiger partial charge < -0.3 is 19.3 Å². The highest BCUT2D eigenvalue weighted by Gasteiger charge is 2.55. The summed E-state index contributed by atoms with van der Waals surface area (Å²) < 4.78 is 7.51. The van der Waals surface area contributed by atoms with Gasteiger partial charge in [-0.1, -0.05) is 45.0 Å².